The van der Waals surface area contributed by atoms with Crippen molar-refractivity contribution in [2.24, 2.45) is 5.92 Å². The summed E-state index contributed by atoms with van der Waals surface area (Å²) in [5.74, 6) is -2.46. The smallest absolute Gasteiger partial charge is 0.383 e. The number of alkyl halides is 3. The highest BCUT2D eigenvalue weighted by molar-refractivity contribution is 5.95. The van der Waals surface area contributed by atoms with Crippen LogP contribution in [0.2, 0.25) is 0 Å². The zero-order valence-electron chi connectivity index (χ0n) is 21.8. The highest BCUT2D eigenvalue weighted by Crippen LogP contribution is 2.35. The average molecular weight is 557 g/mol. The van der Waals surface area contributed by atoms with Crippen LogP contribution in [0.4, 0.5) is 24.7 Å². The summed E-state index contributed by atoms with van der Waals surface area (Å²) in [5, 5.41) is 12.3. The van der Waals surface area contributed by atoms with Gasteiger partial charge in [-0.25, -0.2) is 10.4 Å². The van der Waals surface area contributed by atoms with Crippen LogP contribution >= 0.6 is 0 Å². The van der Waals surface area contributed by atoms with Gasteiger partial charge in [-0.1, -0.05) is 6.07 Å². The molecule has 3 fully saturated rings. The number of nitrogens with one attached hydrogen (secondary N) is 3. The Labute approximate surface area is 230 Å². The lowest BCUT2D eigenvalue weighted by atomic mass is 9.94. The Morgan fingerprint density at radius 2 is 1.95 bits per heavy atom. The fourth-order valence-electron chi connectivity index (χ4n) is 5.76. The second-order valence-corrected chi connectivity index (χ2v) is 10.2. The number of pyridine rings is 1. The molecule has 2 aromatic rings. The summed E-state index contributed by atoms with van der Waals surface area (Å²) >= 11 is 0. The molecule has 40 heavy (non-hydrogen) atoms. The van der Waals surface area contributed by atoms with Crippen LogP contribution in [0.25, 0.3) is 0 Å². The Hall–Kier alpha value is -3.89. The van der Waals surface area contributed by atoms with E-state index in [1.807, 2.05) is 6.07 Å². The molecule has 3 aliphatic heterocycles. The Kier molecular flexibility index (Phi) is 8.09. The third-order valence-corrected chi connectivity index (χ3v) is 7.81. The molecule has 212 valence electrons. The van der Waals surface area contributed by atoms with E-state index in [4.69, 9.17) is 5.26 Å². The molecule has 0 spiro atoms. The fraction of sp³-hybridized carbons (Fsp3) is 0.481. The van der Waals surface area contributed by atoms with Gasteiger partial charge >= 0.3 is 6.18 Å². The molecule has 10 nitrogen and oxygen atoms in total. The van der Waals surface area contributed by atoms with E-state index in [2.05, 4.69) is 32.1 Å². The molecule has 5 rings (SSSR count). The lowest BCUT2D eigenvalue weighted by Gasteiger charge is -2.41. The lowest BCUT2D eigenvalue weighted by Crippen LogP contribution is -2.65. The number of halogens is 3. The Morgan fingerprint density at radius 1 is 1.15 bits per heavy atom. The van der Waals surface area contributed by atoms with E-state index in [1.165, 1.54) is 6.20 Å². The molecule has 2 amide bonds. The number of hydrogen-bond acceptors (Lipinski definition) is 8. The van der Waals surface area contributed by atoms with E-state index in [9.17, 15) is 22.8 Å². The van der Waals surface area contributed by atoms with E-state index >= 15 is 0 Å². The van der Waals surface area contributed by atoms with Crippen LogP contribution in [0.1, 0.15) is 28.8 Å². The number of amides is 2. The molecule has 4 heterocycles. The summed E-state index contributed by atoms with van der Waals surface area (Å²) in [7, 11) is 0. The largest absolute Gasteiger partial charge is 0.402 e. The number of nitrogens with zero attached hydrogens (tertiary/aromatic N) is 5. The molecule has 0 saturated carbocycles. The highest BCUT2D eigenvalue weighted by atomic mass is 19.4. The first-order valence-corrected chi connectivity index (χ1v) is 13.3. The van der Waals surface area contributed by atoms with Crippen LogP contribution in [0, 0.1) is 17.2 Å². The van der Waals surface area contributed by atoms with Crippen molar-refractivity contribution < 1.29 is 22.8 Å². The molecule has 0 radical (unpaired) electrons. The first kappa shape index (κ1) is 27.7. The zero-order chi connectivity index (χ0) is 28.3. The van der Waals surface area contributed by atoms with Gasteiger partial charge in [-0.3, -0.25) is 19.9 Å². The van der Waals surface area contributed by atoms with E-state index in [-0.39, 0.29) is 18.5 Å². The molecule has 3 aliphatic rings. The van der Waals surface area contributed by atoms with Gasteiger partial charge in [0.25, 0.3) is 5.91 Å². The highest BCUT2D eigenvalue weighted by Gasteiger charge is 2.54. The van der Waals surface area contributed by atoms with Gasteiger partial charge in [0, 0.05) is 68.8 Å². The molecule has 3 saturated heterocycles. The van der Waals surface area contributed by atoms with Crippen molar-refractivity contribution >= 4 is 23.3 Å². The summed E-state index contributed by atoms with van der Waals surface area (Å²) in [6, 6.07) is 11.6. The third kappa shape index (κ3) is 5.97. The van der Waals surface area contributed by atoms with Crippen molar-refractivity contribution in [3.8, 4) is 6.07 Å². The Morgan fingerprint density at radius 3 is 2.65 bits per heavy atom. The van der Waals surface area contributed by atoms with Gasteiger partial charge in [0.15, 0.2) is 5.92 Å². The number of rotatable bonds is 6. The Balaban J connectivity index is 1.18. The van der Waals surface area contributed by atoms with Crippen LogP contribution in [0.3, 0.4) is 0 Å². The molecule has 0 bridgehead atoms. The van der Waals surface area contributed by atoms with Gasteiger partial charge in [-0.2, -0.15) is 18.4 Å². The molecule has 1 aromatic heterocycles. The predicted molar refractivity (Wildman–Crippen MR) is 141 cm³/mol. The summed E-state index contributed by atoms with van der Waals surface area (Å²) < 4.78 is 41.1. The molecule has 1 aromatic carbocycles. The quantitative estimate of drug-likeness (QED) is 0.495. The zero-order valence-corrected chi connectivity index (χ0v) is 21.8. The molecule has 0 aliphatic carbocycles. The maximum absolute atomic E-state index is 13.7. The SMILES string of the molecule is N#Cc1ccc(N2CCN(C(=O)c3cccc(NCC4CCCN4C4CNNC(=O)C4C(F)(F)F)c3)CC2)nc1. The number of nitriles is 1. The molecular formula is C27H31F3N8O2. The summed E-state index contributed by atoms with van der Waals surface area (Å²) in [6.07, 6.45) is -1.63. The minimum atomic E-state index is -4.63. The van der Waals surface area contributed by atoms with Crippen molar-refractivity contribution in [3.05, 3.63) is 53.7 Å². The van der Waals surface area contributed by atoms with E-state index in [0.29, 0.717) is 62.5 Å². The molecule has 3 atom stereocenters. The number of carbonyl (C=O) groups is 2. The number of aromatic nitrogens is 1. The van der Waals surface area contributed by atoms with Gasteiger partial charge in [-0.05, 0) is 49.7 Å². The Bertz CT molecular complexity index is 1260. The minimum Gasteiger partial charge on any atom is -0.383 e. The second-order valence-electron chi connectivity index (χ2n) is 10.2. The lowest BCUT2D eigenvalue weighted by molar-refractivity contribution is -0.200. The van der Waals surface area contributed by atoms with Gasteiger partial charge in [0.1, 0.15) is 11.9 Å². The van der Waals surface area contributed by atoms with Crippen LogP contribution in [-0.2, 0) is 4.79 Å². The van der Waals surface area contributed by atoms with Crippen LogP contribution in [0.15, 0.2) is 42.6 Å². The van der Waals surface area contributed by atoms with E-state index in [0.717, 1.165) is 12.2 Å². The third-order valence-electron chi connectivity index (χ3n) is 7.81. The summed E-state index contributed by atoms with van der Waals surface area (Å²) in [4.78, 5) is 35.3. The number of hydrazine groups is 1. The normalized spacial score (nSPS) is 23.9. The van der Waals surface area contributed by atoms with Crippen molar-refractivity contribution in [2.45, 2.75) is 31.1 Å². The topological polar surface area (TPSA) is 117 Å². The maximum Gasteiger partial charge on any atom is 0.402 e. The monoisotopic (exact) mass is 556 g/mol. The van der Waals surface area contributed by atoms with Crippen LogP contribution in [-0.4, -0.2) is 90.7 Å². The van der Waals surface area contributed by atoms with Gasteiger partial charge in [-0.15, -0.1) is 0 Å². The minimum absolute atomic E-state index is 0.0188. The van der Waals surface area contributed by atoms with Gasteiger partial charge in [0.2, 0.25) is 5.91 Å². The standard InChI is InChI=1S/C27H31F3N8O2/c28-27(29,30)24-22(17-34-35-25(24)39)38-8-2-5-21(38)16-32-20-4-1-3-19(13-20)26(40)37-11-9-36(10-12-37)23-7-6-18(14-31)15-33-23/h1,3-4,6-7,13,15,21-22,24,32,34H,2,5,8-12,16-17H2,(H,35,39). The predicted octanol–water partition coefficient (Wildman–Crippen LogP) is 1.97. The number of piperazine rings is 1. The second kappa shape index (κ2) is 11.7. The van der Waals surface area contributed by atoms with Crippen molar-refractivity contribution in [2.75, 3.05) is 56.0 Å². The average Bonchev–Trinajstić information content (AvgIpc) is 3.44. The van der Waals surface area contributed by atoms with Crippen molar-refractivity contribution in [1.29, 1.82) is 5.26 Å². The van der Waals surface area contributed by atoms with Crippen molar-refractivity contribution in [3.63, 3.8) is 0 Å². The number of hydrogen-bond donors (Lipinski definition) is 3. The van der Waals surface area contributed by atoms with Gasteiger partial charge in [0.05, 0.1) is 5.56 Å². The molecule has 13 heteroatoms. The number of carbonyl (C=O) groups excluding carboxylic acids is 2. The molecular weight excluding hydrogens is 525 g/mol. The number of likely N-dealkylation sites (tertiary alicyclic amines) is 1. The van der Waals surface area contributed by atoms with Crippen LogP contribution in [0.5, 0.6) is 0 Å². The summed E-state index contributed by atoms with van der Waals surface area (Å²) in [6.45, 7) is 3.19. The fourth-order valence-corrected chi connectivity index (χ4v) is 5.76. The molecule has 3 unspecified atom stereocenters. The summed E-state index contributed by atoms with van der Waals surface area (Å²) in [5.41, 5.74) is 6.46. The van der Waals surface area contributed by atoms with Crippen molar-refractivity contribution in [1.82, 2.24) is 25.6 Å². The van der Waals surface area contributed by atoms with Crippen LogP contribution < -0.4 is 21.1 Å². The first-order valence-electron chi connectivity index (χ1n) is 13.3. The van der Waals surface area contributed by atoms with Gasteiger partial charge < -0.3 is 15.1 Å². The number of anilines is 2. The van der Waals surface area contributed by atoms with E-state index < -0.39 is 24.0 Å². The maximum atomic E-state index is 13.7. The first-order chi connectivity index (χ1) is 19.2. The van der Waals surface area contributed by atoms with E-state index in [1.54, 1.807) is 40.1 Å². The number of benzene rings is 1. The molecule has 3 N–H and O–H groups in total.